The molecule has 0 radical (unpaired) electrons. The first kappa shape index (κ1) is 25.8. The van der Waals surface area contributed by atoms with Crippen LogP contribution in [0.3, 0.4) is 0 Å². The molecule has 2 aromatic carbocycles. The molecule has 2 bridgehead atoms. The number of hydrogen-bond acceptors (Lipinski definition) is 6. The van der Waals surface area contributed by atoms with Crippen molar-refractivity contribution in [2.45, 2.75) is 50.4 Å². The molecule has 4 aromatic rings. The van der Waals surface area contributed by atoms with Gasteiger partial charge in [0.15, 0.2) is 0 Å². The van der Waals surface area contributed by atoms with E-state index < -0.39 is 24.0 Å². The third kappa shape index (κ3) is 3.82. The minimum atomic E-state index is -3.05. The number of hydrogen-bond donors (Lipinski definition) is 1. The van der Waals surface area contributed by atoms with Crippen molar-refractivity contribution in [1.82, 2.24) is 19.4 Å². The van der Waals surface area contributed by atoms with Gasteiger partial charge in [-0.1, -0.05) is 19.1 Å². The van der Waals surface area contributed by atoms with Gasteiger partial charge in [0, 0.05) is 36.4 Å². The molecule has 0 saturated heterocycles. The molecule has 0 aliphatic carbocycles. The zero-order valence-electron chi connectivity index (χ0n) is 21.7. The molecule has 40 heavy (non-hydrogen) atoms. The summed E-state index contributed by atoms with van der Waals surface area (Å²) in [6.45, 7) is -1.27. The summed E-state index contributed by atoms with van der Waals surface area (Å²) in [5.41, 5.74) is 8.33. The number of carbonyl (C=O) groups excluding carboxylic acids is 1. The highest BCUT2D eigenvalue weighted by molar-refractivity contribution is 5.98. The Balaban J connectivity index is 1.49. The SMILES string of the molecule is CC[C@@](N)(CC#N)c1ncc(-c2ccc3nc4n(c3c2)[C@@H]2C[C@@H]4N(C)C(=O)c3cccc(OC(F)F)c32)cc1F. The Morgan fingerprint density at radius 3 is 2.73 bits per heavy atom. The average Bonchev–Trinajstić information content (AvgIpc) is 3.45. The van der Waals surface area contributed by atoms with Crippen LogP contribution in [0.5, 0.6) is 5.75 Å². The quantitative estimate of drug-likeness (QED) is 0.345. The Hall–Kier alpha value is -4.43. The van der Waals surface area contributed by atoms with E-state index in [4.69, 9.17) is 20.7 Å². The number of ether oxygens (including phenoxy) is 1. The number of imidazole rings is 1. The predicted octanol–water partition coefficient (Wildman–Crippen LogP) is 5.44. The summed E-state index contributed by atoms with van der Waals surface area (Å²) in [5, 5.41) is 9.15. The first-order valence-electron chi connectivity index (χ1n) is 12.9. The monoisotopic (exact) mass is 546 g/mol. The number of rotatable bonds is 6. The smallest absolute Gasteiger partial charge is 0.387 e. The maximum Gasteiger partial charge on any atom is 0.387 e. The standard InChI is InChI=1S/C29H25F3N6O2/c1-3-29(34,9-10-33)25-18(30)11-16(14-35-25)15-7-8-19-20(12-15)38-21-13-22(26(38)36-19)37(2)27(39)17-5-4-6-23(24(17)21)40-28(31)32/h4-8,11-12,14,21-22,28H,3,9,13,34H2,1-2H3/t21-,22+,29-/m1/s1. The van der Waals surface area contributed by atoms with Crippen LogP contribution in [-0.2, 0) is 5.54 Å². The maximum atomic E-state index is 15.2. The molecule has 0 unspecified atom stereocenters. The van der Waals surface area contributed by atoms with Crippen LogP contribution in [0.15, 0.2) is 48.7 Å². The number of benzene rings is 2. The highest BCUT2D eigenvalue weighted by atomic mass is 19.3. The van der Waals surface area contributed by atoms with E-state index in [1.807, 2.05) is 16.7 Å². The molecule has 4 heterocycles. The molecule has 1 amide bonds. The highest BCUT2D eigenvalue weighted by Gasteiger charge is 2.45. The molecule has 8 nitrogen and oxygen atoms in total. The summed E-state index contributed by atoms with van der Waals surface area (Å²) in [6.07, 6.45) is 2.24. The van der Waals surface area contributed by atoms with Crippen LogP contribution in [0, 0.1) is 17.1 Å². The number of nitrogens with two attached hydrogens (primary N) is 1. The van der Waals surface area contributed by atoms with Gasteiger partial charge in [0.2, 0.25) is 0 Å². The molecule has 2 N–H and O–H groups in total. The fraction of sp³-hybridized carbons (Fsp3) is 0.310. The lowest BCUT2D eigenvalue weighted by atomic mass is 9.88. The Morgan fingerprint density at radius 1 is 1.23 bits per heavy atom. The normalized spacial score (nSPS) is 19.2. The largest absolute Gasteiger partial charge is 0.434 e. The van der Waals surface area contributed by atoms with Gasteiger partial charge >= 0.3 is 6.61 Å². The number of halogens is 3. The molecule has 0 fully saturated rings. The van der Waals surface area contributed by atoms with Crippen molar-refractivity contribution >= 4 is 16.9 Å². The summed E-state index contributed by atoms with van der Waals surface area (Å²) in [6, 6.07) is 12.5. The molecular formula is C29H25F3N6O2. The molecule has 204 valence electrons. The van der Waals surface area contributed by atoms with Gasteiger partial charge in [0.25, 0.3) is 5.91 Å². The molecular weight excluding hydrogens is 521 g/mol. The number of pyridine rings is 1. The number of alkyl halides is 2. The molecule has 0 saturated carbocycles. The first-order chi connectivity index (χ1) is 19.2. The minimum Gasteiger partial charge on any atom is -0.434 e. The van der Waals surface area contributed by atoms with Gasteiger partial charge in [-0.15, -0.1) is 0 Å². The van der Waals surface area contributed by atoms with E-state index in [0.29, 0.717) is 52.0 Å². The number of nitrogens with zero attached hydrogens (tertiary/aromatic N) is 5. The maximum absolute atomic E-state index is 15.2. The van der Waals surface area contributed by atoms with Gasteiger partial charge in [-0.3, -0.25) is 9.78 Å². The van der Waals surface area contributed by atoms with Gasteiger partial charge < -0.3 is 19.9 Å². The van der Waals surface area contributed by atoms with Crippen LogP contribution in [-0.4, -0.2) is 39.0 Å². The summed E-state index contributed by atoms with van der Waals surface area (Å²) < 4.78 is 48.7. The van der Waals surface area contributed by atoms with Crippen molar-refractivity contribution in [3.05, 3.63) is 77.1 Å². The number of fused-ring (bicyclic) bond motifs is 9. The molecule has 0 spiro atoms. The summed E-state index contributed by atoms with van der Waals surface area (Å²) in [5.74, 6) is -0.308. The Bertz CT molecular complexity index is 1710. The highest BCUT2D eigenvalue weighted by Crippen LogP contribution is 2.50. The third-order valence-corrected chi connectivity index (χ3v) is 8.08. The number of carbonyl (C=O) groups is 1. The molecule has 2 aliphatic heterocycles. The second kappa shape index (κ2) is 9.34. The van der Waals surface area contributed by atoms with E-state index in [1.165, 1.54) is 24.4 Å². The lowest BCUT2D eigenvalue weighted by Crippen LogP contribution is -2.37. The molecule has 11 heteroatoms. The number of amides is 1. The zero-order chi connectivity index (χ0) is 28.3. The van der Waals surface area contributed by atoms with E-state index >= 15 is 4.39 Å². The van der Waals surface area contributed by atoms with Gasteiger partial charge in [-0.05, 0) is 42.3 Å². The van der Waals surface area contributed by atoms with Crippen LogP contribution >= 0.6 is 0 Å². The van der Waals surface area contributed by atoms with E-state index in [2.05, 4.69) is 4.98 Å². The van der Waals surface area contributed by atoms with Crippen LogP contribution in [0.2, 0.25) is 0 Å². The van der Waals surface area contributed by atoms with Crippen molar-refractivity contribution in [3.63, 3.8) is 0 Å². The average molecular weight is 547 g/mol. The summed E-state index contributed by atoms with van der Waals surface area (Å²) in [4.78, 5) is 24.0. The predicted molar refractivity (Wildman–Crippen MR) is 140 cm³/mol. The van der Waals surface area contributed by atoms with Gasteiger partial charge in [-0.2, -0.15) is 14.0 Å². The Labute approximate surface area is 227 Å². The second-order valence-corrected chi connectivity index (χ2v) is 10.2. The third-order valence-electron chi connectivity index (χ3n) is 8.08. The zero-order valence-corrected chi connectivity index (χ0v) is 21.7. The first-order valence-corrected chi connectivity index (χ1v) is 12.9. The van der Waals surface area contributed by atoms with Crippen molar-refractivity contribution in [1.29, 1.82) is 5.26 Å². The number of nitriles is 1. The van der Waals surface area contributed by atoms with E-state index in [-0.39, 0.29) is 29.8 Å². The molecule has 2 aromatic heterocycles. The van der Waals surface area contributed by atoms with Crippen molar-refractivity contribution in [2.75, 3.05) is 7.05 Å². The second-order valence-electron chi connectivity index (χ2n) is 10.2. The minimum absolute atomic E-state index is 0.0348. The van der Waals surface area contributed by atoms with Crippen molar-refractivity contribution < 1.29 is 22.7 Å². The van der Waals surface area contributed by atoms with E-state index in [1.54, 1.807) is 37.1 Å². The lowest BCUT2D eigenvalue weighted by Gasteiger charge is -2.25. The van der Waals surface area contributed by atoms with E-state index in [9.17, 15) is 13.6 Å². The molecule has 2 aliphatic rings. The summed E-state index contributed by atoms with van der Waals surface area (Å²) in [7, 11) is 1.68. The molecule has 3 atom stereocenters. The van der Waals surface area contributed by atoms with Gasteiger partial charge in [0.05, 0.1) is 46.8 Å². The Morgan fingerprint density at radius 2 is 2.02 bits per heavy atom. The topological polar surface area (TPSA) is 110 Å². The van der Waals surface area contributed by atoms with Gasteiger partial charge in [0.1, 0.15) is 17.4 Å². The number of aromatic nitrogens is 3. The van der Waals surface area contributed by atoms with Crippen LogP contribution in [0.25, 0.3) is 22.2 Å². The lowest BCUT2D eigenvalue weighted by molar-refractivity contribution is -0.0507. The molecule has 6 rings (SSSR count). The fourth-order valence-electron chi connectivity index (χ4n) is 5.94. The van der Waals surface area contributed by atoms with Gasteiger partial charge in [-0.25, -0.2) is 9.37 Å². The summed E-state index contributed by atoms with van der Waals surface area (Å²) >= 11 is 0. The Kier molecular flexibility index (Phi) is 6.03. The van der Waals surface area contributed by atoms with Crippen LogP contribution in [0.4, 0.5) is 13.2 Å². The van der Waals surface area contributed by atoms with Crippen molar-refractivity contribution in [3.8, 4) is 22.9 Å². The van der Waals surface area contributed by atoms with Crippen molar-refractivity contribution in [2.24, 2.45) is 5.73 Å². The van der Waals surface area contributed by atoms with Crippen LogP contribution in [0.1, 0.15) is 65.7 Å². The van der Waals surface area contributed by atoms with Crippen LogP contribution < -0.4 is 10.5 Å². The van der Waals surface area contributed by atoms with E-state index in [0.717, 1.165) is 0 Å². The fourth-order valence-corrected chi connectivity index (χ4v) is 5.94.